The minimum Gasteiger partial charge on any atom is -0.311 e. The molecular formula is C21H25FN6O. The lowest BCUT2D eigenvalue weighted by Gasteiger charge is -2.28. The molecule has 0 unspecified atom stereocenters. The second-order valence-corrected chi connectivity index (χ2v) is 7.54. The van der Waals surface area contributed by atoms with Crippen LogP contribution < -0.4 is 10.6 Å². The Morgan fingerprint density at radius 2 is 2.07 bits per heavy atom. The topological polar surface area (TPSA) is 84.7 Å². The molecule has 3 aromatic heterocycles. The highest BCUT2D eigenvalue weighted by atomic mass is 19.1. The quantitative estimate of drug-likeness (QED) is 0.669. The number of pyridine rings is 2. The van der Waals surface area contributed by atoms with E-state index in [0.29, 0.717) is 18.4 Å². The Morgan fingerprint density at radius 1 is 1.24 bits per heavy atom. The SMILES string of the molecule is Cn1cc(-c2ccc3cnc(NC(=O)[C@H]4CC[C@H](NCCF)CC4)cc3n2)cn1. The van der Waals surface area contributed by atoms with Crippen molar-refractivity contribution >= 4 is 22.6 Å². The third-order valence-corrected chi connectivity index (χ3v) is 5.45. The monoisotopic (exact) mass is 396 g/mol. The lowest BCUT2D eigenvalue weighted by Crippen LogP contribution is -2.37. The summed E-state index contributed by atoms with van der Waals surface area (Å²) in [5.41, 5.74) is 2.54. The number of rotatable bonds is 6. The standard InChI is InChI=1S/C21H25FN6O/c1-28-13-16(12-25-28)18-7-4-15-11-24-20(10-19(15)26-18)27-21(29)14-2-5-17(6-3-14)23-9-8-22/h4,7,10-14,17,23H,2-3,5-6,8-9H2,1H3,(H,24,27,29)/t14-,17-. The molecule has 29 heavy (non-hydrogen) atoms. The van der Waals surface area contributed by atoms with Crippen molar-refractivity contribution in [3.63, 3.8) is 0 Å². The fourth-order valence-corrected chi connectivity index (χ4v) is 3.85. The van der Waals surface area contributed by atoms with E-state index in [1.165, 1.54) is 0 Å². The molecule has 0 saturated heterocycles. The number of aromatic nitrogens is 4. The van der Waals surface area contributed by atoms with Crippen LogP contribution in [0.3, 0.4) is 0 Å². The largest absolute Gasteiger partial charge is 0.311 e. The minimum absolute atomic E-state index is 0.00999. The van der Waals surface area contributed by atoms with Crippen molar-refractivity contribution in [3.8, 4) is 11.3 Å². The molecule has 3 heterocycles. The molecule has 0 aliphatic heterocycles. The van der Waals surface area contributed by atoms with E-state index in [2.05, 4.69) is 20.7 Å². The van der Waals surface area contributed by atoms with Crippen LogP contribution in [0.1, 0.15) is 25.7 Å². The lowest BCUT2D eigenvalue weighted by molar-refractivity contribution is -0.120. The van der Waals surface area contributed by atoms with Gasteiger partial charge in [0, 0.05) is 55.0 Å². The number of alkyl halides is 1. The number of amides is 1. The Balaban J connectivity index is 1.43. The molecule has 152 valence electrons. The van der Waals surface area contributed by atoms with Crippen LogP contribution in [0.5, 0.6) is 0 Å². The first-order valence-electron chi connectivity index (χ1n) is 9.98. The summed E-state index contributed by atoms with van der Waals surface area (Å²) in [6.45, 7) is 0.0289. The Hall–Kier alpha value is -2.87. The zero-order chi connectivity index (χ0) is 20.2. The first-order chi connectivity index (χ1) is 14.1. The summed E-state index contributed by atoms with van der Waals surface area (Å²) < 4.78 is 14.0. The van der Waals surface area contributed by atoms with Gasteiger partial charge in [-0.05, 0) is 37.8 Å². The molecule has 4 rings (SSSR count). The van der Waals surface area contributed by atoms with E-state index in [0.717, 1.165) is 47.8 Å². The number of carbonyl (C=O) groups excluding carboxylic acids is 1. The molecule has 1 aliphatic carbocycles. The van der Waals surface area contributed by atoms with Gasteiger partial charge in [-0.15, -0.1) is 0 Å². The second kappa shape index (κ2) is 8.65. The predicted molar refractivity (Wildman–Crippen MR) is 110 cm³/mol. The molecule has 0 radical (unpaired) electrons. The van der Waals surface area contributed by atoms with E-state index in [-0.39, 0.29) is 18.5 Å². The molecule has 0 spiro atoms. The number of aryl methyl sites for hydroxylation is 1. The molecule has 8 heteroatoms. The van der Waals surface area contributed by atoms with Gasteiger partial charge in [-0.2, -0.15) is 5.10 Å². The van der Waals surface area contributed by atoms with Crippen LogP contribution in [-0.2, 0) is 11.8 Å². The Labute approximate surface area is 168 Å². The van der Waals surface area contributed by atoms with Gasteiger partial charge in [0.25, 0.3) is 0 Å². The van der Waals surface area contributed by atoms with Gasteiger partial charge in [-0.1, -0.05) is 0 Å². The smallest absolute Gasteiger partial charge is 0.228 e. The van der Waals surface area contributed by atoms with Crippen LogP contribution in [0.2, 0.25) is 0 Å². The van der Waals surface area contributed by atoms with Crippen molar-refractivity contribution in [2.45, 2.75) is 31.7 Å². The molecule has 0 atom stereocenters. The maximum absolute atomic E-state index is 12.7. The van der Waals surface area contributed by atoms with Crippen molar-refractivity contribution in [2.24, 2.45) is 13.0 Å². The Bertz CT molecular complexity index is 996. The lowest BCUT2D eigenvalue weighted by atomic mass is 9.85. The second-order valence-electron chi connectivity index (χ2n) is 7.54. The highest BCUT2D eigenvalue weighted by Gasteiger charge is 2.26. The van der Waals surface area contributed by atoms with E-state index < -0.39 is 0 Å². The fourth-order valence-electron chi connectivity index (χ4n) is 3.85. The van der Waals surface area contributed by atoms with Crippen molar-refractivity contribution in [2.75, 3.05) is 18.5 Å². The van der Waals surface area contributed by atoms with Crippen LogP contribution in [0.25, 0.3) is 22.2 Å². The summed E-state index contributed by atoms with van der Waals surface area (Å²) in [4.78, 5) is 21.7. The molecule has 7 nitrogen and oxygen atoms in total. The van der Waals surface area contributed by atoms with E-state index in [4.69, 9.17) is 4.98 Å². The molecule has 2 N–H and O–H groups in total. The highest BCUT2D eigenvalue weighted by molar-refractivity contribution is 5.93. The molecular weight excluding hydrogens is 371 g/mol. The number of nitrogens with zero attached hydrogens (tertiary/aromatic N) is 4. The molecule has 1 saturated carbocycles. The number of carbonyl (C=O) groups is 1. The van der Waals surface area contributed by atoms with E-state index in [1.807, 2.05) is 31.4 Å². The summed E-state index contributed by atoms with van der Waals surface area (Å²) in [5, 5.41) is 11.2. The van der Waals surface area contributed by atoms with Crippen LogP contribution in [0.4, 0.5) is 10.2 Å². The predicted octanol–water partition coefficient (Wildman–Crippen LogP) is 3.09. The average molecular weight is 396 g/mol. The fraction of sp³-hybridized carbons (Fsp3) is 0.429. The van der Waals surface area contributed by atoms with E-state index in [9.17, 15) is 9.18 Å². The molecule has 0 aromatic carbocycles. The number of hydrogen-bond acceptors (Lipinski definition) is 5. The summed E-state index contributed by atoms with van der Waals surface area (Å²) in [6, 6.07) is 6.02. The third kappa shape index (κ3) is 4.59. The average Bonchev–Trinajstić information content (AvgIpc) is 3.18. The minimum atomic E-state index is -0.357. The number of hydrogen-bond donors (Lipinski definition) is 2. The van der Waals surface area contributed by atoms with Crippen LogP contribution in [-0.4, -0.2) is 44.9 Å². The van der Waals surface area contributed by atoms with E-state index >= 15 is 0 Å². The number of anilines is 1. The van der Waals surface area contributed by atoms with Gasteiger partial charge in [-0.3, -0.25) is 9.48 Å². The van der Waals surface area contributed by atoms with Crippen molar-refractivity contribution < 1.29 is 9.18 Å². The summed E-state index contributed by atoms with van der Waals surface area (Å²) in [5.74, 6) is 0.464. The van der Waals surface area contributed by atoms with Gasteiger partial charge in [-0.25, -0.2) is 14.4 Å². The van der Waals surface area contributed by atoms with Crippen LogP contribution in [0.15, 0.2) is 36.8 Å². The maximum Gasteiger partial charge on any atom is 0.228 e. The summed E-state index contributed by atoms with van der Waals surface area (Å²) in [6.07, 6.45) is 8.79. The van der Waals surface area contributed by atoms with Gasteiger partial charge in [0.15, 0.2) is 0 Å². The van der Waals surface area contributed by atoms with E-state index in [1.54, 1.807) is 17.1 Å². The first kappa shape index (κ1) is 19.4. The number of nitrogens with one attached hydrogen (secondary N) is 2. The molecule has 1 fully saturated rings. The maximum atomic E-state index is 12.7. The van der Waals surface area contributed by atoms with Crippen LogP contribution >= 0.6 is 0 Å². The van der Waals surface area contributed by atoms with Gasteiger partial charge in [0.1, 0.15) is 12.5 Å². The molecule has 3 aromatic rings. The van der Waals surface area contributed by atoms with Crippen molar-refractivity contribution in [1.82, 2.24) is 25.1 Å². The van der Waals surface area contributed by atoms with Crippen LogP contribution in [0, 0.1) is 5.92 Å². The number of halogens is 1. The Kier molecular flexibility index (Phi) is 5.80. The van der Waals surface area contributed by atoms with Crippen molar-refractivity contribution in [3.05, 3.63) is 36.8 Å². The van der Waals surface area contributed by atoms with Gasteiger partial charge in [0.2, 0.25) is 5.91 Å². The highest BCUT2D eigenvalue weighted by Crippen LogP contribution is 2.26. The zero-order valence-electron chi connectivity index (χ0n) is 16.4. The first-order valence-corrected chi connectivity index (χ1v) is 9.98. The Morgan fingerprint density at radius 3 is 2.79 bits per heavy atom. The normalized spacial score (nSPS) is 19.4. The van der Waals surface area contributed by atoms with Gasteiger partial charge < -0.3 is 10.6 Å². The van der Waals surface area contributed by atoms with Gasteiger partial charge in [0.05, 0.1) is 17.4 Å². The zero-order valence-corrected chi connectivity index (χ0v) is 16.4. The van der Waals surface area contributed by atoms with Crippen molar-refractivity contribution in [1.29, 1.82) is 0 Å². The van der Waals surface area contributed by atoms with Gasteiger partial charge >= 0.3 is 0 Å². The molecule has 1 aliphatic rings. The molecule has 1 amide bonds. The molecule has 0 bridgehead atoms. The summed E-state index contributed by atoms with van der Waals surface area (Å²) in [7, 11) is 1.87. The number of fused-ring (bicyclic) bond motifs is 1. The summed E-state index contributed by atoms with van der Waals surface area (Å²) >= 11 is 0. The third-order valence-electron chi connectivity index (χ3n) is 5.45.